The van der Waals surface area contributed by atoms with Crippen LogP contribution in [0.4, 0.5) is 0 Å². The SMILES string of the molecule is Cc1occc1CN(C)C(c1cnn(C)c1)C(C)N. The molecule has 2 aromatic rings. The largest absolute Gasteiger partial charge is 0.469 e. The highest BCUT2D eigenvalue weighted by Gasteiger charge is 2.23. The van der Waals surface area contributed by atoms with Crippen LogP contribution in [0.1, 0.15) is 29.9 Å². The van der Waals surface area contributed by atoms with Crippen LogP contribution in [0, 0.1) is 6.92 Å². The van der Waals surface area contributed by atoms with Crippen molar-refractivity contribution in [3.8, 4) is 0 Å². The van der Waals surface area contributed by atoms with Gasteiger partial charge in [-0.15, -0.1) is 0 Å². The van der Waals surface area contributed by atoms with Crippen LogP contribution in [0.5, 0.6) is 0 Å². The van der Waals surface area contributed by atoms with E-state index in [2.05, 4.69) is 17.0 Å². The van der Waals surface area contributed by atoms with Crippen LogP contribution in [0.2, 0.25) is 0 Å². The normalized spacial score (nSPS) is 14.8. The van der Waals surface area contributed by atoms with E-state index in [1.165, 1.54) is 5.56 Å². The molecule has 0 spiro atoms. The summed E-state index contributed by atoms with van der Waals surface area (Å²) in [4.78, 5) is 2.24. The molecule has 5 heteroatoms. The van der Waals surface area contributed by atoms with Gasteiger partial charge in [-0.3, -0.25) is 9.58 Å². The summed E-state index contributed by atoms with van der Waals surface area (Å²) in [6.45, 7) is 4.81. The quantitative estimate of drug-likeness (QED) is 0.893. The van der Waals surface area contributed by atoms with E-state index in [-0.39, 0.29) is 12.1 Å². The number of aryl methyl sites for hydroxylation is 2. The van der Waals surface area contributed by atoms with Gasteiger partial charge >= 0.3 is 0 Å². The summed E-state index contributed by atoms with van der Waals surface area (Å²) in [5.41, 5.74) is 8.48. The Hall–Kier alpha value is -1.59. The molecule has 2 unspecified atom stereocenters. The van der Waals surface area contributed by atoms with Gasteiger partial charge in [0, 0.05) is 37.0 Å². The molecule has 2 atom stereocenters. The van der Waals surface area contributed by atoms with Crippen LogP contribution in [0.25, 0.3) is 0 Å². The van der Waals surface area contributed by atoms with Crippen molar-refractivity contribution in [2.45, 2.75) is 32.5 Å². The Morgan fingerprint density at radius 2 is 2.26 bits per heavy atom. The minimum absolute atomic E-state index is 0.0291. The number of nitrogens with zero attached hydrogens (tertiary/aromatic N) is 3. The number of furan rings is 1. The van der Waals surface area contributed by atoms with Crippen LogP contribution >= 0.6 is 0 Å². The second-order valence-corrected chi connectivity index (χ2v) is 5.17. The fraction of sp³-hybridized carbons (Fsp3) is 0.500. The lowest BCUT2D eigenvalue weighted by Crippen LogP contribution is -2.36. The molecule has 104 valence electrons. The molecule has 2 aromatic heterocycles. The van der Waals surface area contributed by atoms with Crippen molar-refractivity contribution in [2.24, 2.45) is 12.8 Å². The molecule has 0 aliphatic rings. The topological polar surface area (TPSA) is 60.2 Å². The Balaban J connectivity index is 2.18. The van der Waals surface area contributed by atoms with Gasteiger partial charge in [-0.1, -0.05) is 0 Å². The lowest BCUT2D eigenvalue weighted by molar-refractivity contribution is 0.210. The van der Waals surface area contributed by atoms with Crippen LogP contribution < -0.4 is 5.73 Å². The average Bonchev–Trinajstić information content (AvgIpc) is 2.89. The van der Waals surface area contributed by atoms with Crippen LogP contribution in [0.15, 0.2) is 29.1 Å². The van der Waals surface area contributed by atoms with E-state index < -0.39 is 0 Å². The third-order valence-electron chi connectivity index (χ3n) is 3.43. The molecule has 5 nitrogen and oxygen atoms in total. The van der Waals surface area contributed by atoms with Crippen LogP contribution in [0.3, 0.4) is 0 Å². The second kappa shape index (κ2) is 5.59. The van der Waals surface area contributed by atoms with Gasteiger partial charge in [0.1, 0.15) is 5.76 Å². The smallest absolute Gasteiger partial charge is 0.105 e. The van der Waals surface area contributed by atoms with E-state index in [1.807, 2.05) is 44.0 Å². The predicted octanol–water partition coefficient (Wildman–Crippen LogP) is 1.84. The van der Waals surface area contributed by atoms with Gasteiger partial charge in [-0.2, -0.15) is 5.10 Å². The Morgan fingerprint density at radius 1 is 1.53 bits per heavy atom. The van der Waals surface area contributed by atoms with Gasteiger partial charge in [-0.25, -0.2) is 0 Å². The average molecular weight is 262 g/mol. The molecule has 0 aromatic carbocycles. The van der Waals surface area contributed by atoms with E-state index in [0.717, 1.165) is 17.9 Å². The molecule has 0 saturated carbocycles. The number of likely N-dealkylation sites (N-methyl/N-ethyl adjacent to an activating group) is 1. The van der Waals surface area contributed by atoms with E-state index in [4.69, 9.17) is 10.2 Å². The molecule has 0 saturated heterocycles. The van der Waals surface area contributed by atoms with Crippen molar-refractivity contribution in [1.82, 2.24) is 14.7 Å². The molecule has 0 radical (unpaired) electrons. The van der Waals surface area contributed by atoms with Crippen molar-refractivity contribution in [1.29, 1.82) is 0 Å². The van der Waals surface area contributed by atoms with Crippen molar-refractivity contribution >= 4 is 0 Å². The molecule has 2 rings (SSSR count). The van der Waals surface area contributed by atoms with Crippen molar-refractivity contribution in [3.63, 3.8) is 0 Å². The van der Waals surface area contributed by atoms with Gasteiger partial charge in [0.2, 0.25) is 0 Å². The zero-order valence-corrected chi connectivity index (χ0v) is 12.0. The molecule has 2 N–H and O–H groups in total. The molecule has 0 aliphatic carbocycles. The first-order chi connectivity index (χ1) is 8.99. The summed E-state index contributed by atoms with van der Waals surface area (Å²) in [5.74, 6) is 0.960. The van der Waals surface area contributed by atoms with Crippen LogP contribution in [-0.4, -0.2) is 27.8 Å². The van der Waals surface area contributed by atoms with E-state index in [9.17, 15) is 0 Å². The molecule has 0 fully saturated rings. The Kier molecular flexibility index (Phi) is 4.07. The first-order valence-electron chi connectivity index (χ1n) is 6.46. The second-order valence-electron chi connectivity index (χ2n) is 5.17. The van der Waals surface area contributed by atoms with E-state index in [1.54, 1.807) is 6.26 Å². The minimum atomic E-state index is 0.0291. The summed E-state index contributed by atoms with van der Waals surface area (Å²) < 4.78 is 7.15. The third-order valence-corrected chi connectivity index (χ3v) is 3.43. The molecule has 2 heterocycles. The molecule has 0 aliphatic heterocycles. The van der Waals surface area contributed by atoms with Gasteiger partial charge in [0.05, 0.1) is 18.5 Å². The molecular formula is C14H22N4O. The van der Waals surface area contributed by atoms with Gasteiger partial charge in [0.25, 0.3) is 0 Å². The predicted molar refractivity (Wildman–Crippen MR) is 74.5 cm³/mol. The molecular weight excluding hydrogens is 240 g/mol. The highest BCUT2D eigenvalue weighted by molar-refractivity contribution is 5.18. The van der Waals surface area contributed by atoms with Crippen LogP contribution in [-0.2, 0) is 13.6 Å². The minimum Gasteiger partial charge on any atom is -0.469 e. The van der Waals surface area contributed by atoms with Gasteiger partial charge in [-0.05, 0) is 27.0 Å². The number of rotatable bonds is 5. The van der Waals surface area contributed by atoms with Gasteiger partial charge in [0.15, 0.2) is 0 Å². The standard InChI is InChI=1S/C14H22N4O/c1-10(15)14(13-7-16-18(4)9-13)17(3)8-12-5-6-19-11(12)2/h5-7,9-10,14H,8,15H2,1-4H3. The molecule has 0 amide bonds. The zero-order valence-electron chi connectivity index (χ0n) is 12.0. The van der Waals surface area contributed by atoms with Crippen molar-refractivity contribution in [2.75, 3.05) is 7.05 Å². The summed E-state index contributed by atoms with van der Waals surface area (Å²) in [5, 5.41) is 4.23. The maximum Gasteiger partial charge on any atom is 0.105 e. The van der Waals surface area contributed by atoms with Crippen molar-refractivity contribution < 1.29 is 4.42 Å². The fourth-order valence-electron chi connectivity index (χ4n) is 2.49. The first-order valence-corrected chi connectivity index (χ1v) is 6.46. The Bertz CT molecular complexity index is 529. The van der Waals surface area contributed by atoms with Gasteiger partial charge < -0.3 is 10.2 Å². The fourth-order valence-corrected chi connectivity index (χ4v) is 2.49. The summed E-state index contributed by atoms with van der Waals surface area (Å²) in [7, 11) is 4.00. The summed E-state index contributed by atoms with van der Waals surface area (Å²) >= 11 is 0. The Morgan fingerprint density at radius 3 is 2.74 bits per heavy atom. The highest BCUT2D eigenvalue weighted by Crippen LogP contribution is 2.24. The molecule has 0 bridgehead atoms. The Labute approximate surface area is 114 Å². The lowest BCUT2D eigenvalue weighted by Gasteiger charge is -2.30. The first kappa shape index (κ1) is 13.8. The van der Waals surface area contributed by atoms with E-state index in [0.29, 0.717) is 0 Å². The monoisotopic (exact) mass is 262 g/mol. The maximum absolute atomic E-state index is 6.14. The summed E-state index contributed by atoms with van der Waals surface area (Å²) in [6, 6.07) is 2.18. The zero-order chi connectivity index (χ0) is 14.0. The number of hydrogen-bond acceptors (Lipinski definition) is 4. The van der Waals surface area contributed by atoms with Crippen molar-refractivity contribution in [3.05, 3.63) is 41.6 Å². The lowest BCUT2D eigenvalue weighted by atomic mass is 10.0. The highest BCUT2D eigenvalue weighted by atomic mass is 16.3. The number of aromatic nitrogens is 2. The molecule has 19 heavy (non-hydrogen) atoms. The van der Waals surface area contributed by atoms with E-state index >= 15 is 0 Å². The maximum atomic E-state index is 6.14. The number of hydrogen-bond donors (Lipinski definition) is 1. The number of nitrogens with two attached hydrogens (primary N) is 1. The third kappa shape index (κ3) is 3.05. The summed E-state index contributed by atoms with van der Waals surface area (Å²) in [6.07, 6.45) is 5.63.